The van der Waals surface area contributed by atoms with Crippen LogP contribution < -0.4 is 10.6 Å². The molecule has 1 rings (SSSR count). The van der Waals surface area contributed by atoms with Gasteiger partial charge in [0.15, 0.2) is 0 Å². The second-order valence-electron chi connectivity index (χ2n) is 4.62. The highest BCUT2D eigenvalue weighted by Crippen LogP contribution is 2.19. The summed E-state index contributed by atoms with van der Waals surface area (Å²) in [5, 5.41) is 7.03. The van der Waals surface area contributed by atoms with Gasteiger partial charge in [0.2, 0.25) is 5.91 Å². The van der Waals surface area contributed by atoms with Crippen molar-refractivity contribution >= 4 is 29.4 Å². The summed E-state index contributed by atoms with van der Waals surface area (Å²) < 4.78 is 0. The van der Waals surface area contributed by atoms with Gasteiger partial charge in [-0.25, -0.2) is 0 Å². The van der Waals surface area contributed by atoms with Crippen LogP contribution in [-0.2, 0) is 4.79 Å². The van der Waals surface area contributed by atoms with Crippen molar-refractivity contribution in [3.63, 3.8) is 0 Å². The second kappa shape index (κ2) is 9.11. The molecule has 1 atom stereocenters. The van der Waals surface area contributed by atoms with Crippen molar-refractivity contribution < 1.29 is 4.79 Å². The van der Waals surface area contributed by atoms with Crippen molar-refractivity contribution in [2.75, 3.05) is 37.4 Å². The molecule has 3 nitrogen and oxygen atoms in total. The van der Waals surface area contributed by atoms with E-state index in [1.54, 1.807) is 0 Å². The van der Waals surface area contributed by atoms with Gasteiger partial charge in [-0.15, -0.1) is 11.8 Å². The summed E-state index contributed by atoms with van der Waals surface area (Å²) >= 11 is 3.65. The normalized spacial score (nSPS) is 18.9. The summed E-state index contributed by atoms with van der Waals surface area (Å²) in [6.07, 6.45) is 4.49. The molecule has 2 N–H and O–H groups in total. The van der Waals surface area contributed by atoms with Crippen molar-refractivity contribution in [2.45, 2.75) is 25.0 Å². The lowest BCUT2D eigenvalue weighted by molar-refractivity contribution is -0.118. The number of thioether (sulfide) groups is 2. The molecule has 0 aromatic heterocycles. The van der Waals surface area contributed by atoms with Gasteiger partial charge in [0.05, 0.1) is 5.75 Å². The van der Waals surface area contributed by atoms with Crippen LogP contribution in [0, 0.1) is 5.92 Å². The van der Waals surface area contributed by atoms with E-state index in [2.05, 4.69) is 23.8 Å². The lowest BCUT2D eigenvalue weighted by Gasteiger charge is -2.21. The Morgan fingerprint density at radius 3 is 2.82 bits per heavy atom. The molecule has 1 aliphatic rings. The molecule has 5 heteroatoms. The number of rotatable bonds is 7. The summed E-state index contributed by atoms with van der Waals surface area (Å²) in [5.41, 5.74) is 0. The predicted octanol–water partition coefficient (Wildman–Crippen LogP) is 1.59. The zero-order valence-corrected chi connectivity index (χ0v) is 12.5. The lowest BCUT2D eigenvalue weighted by Crippen LogP contribution is -2.33. The lowest BCUT2D eigenvalue weighted by atomic mass is 10.2. The van der Waals surface area contributed by atoms with E-state index in [0.717, 1.165) is 25.4 Å². The van der Waals surface area contributed by atoms with Crippen LogP contribution in [0.1, 0.15) is 19.8 Å². The van der Waals surface area contributed by atoms with Crippen LogP contribution in [0.25, 0.3) is 0 Å². The average molecular weight is 276 g/mol. The summed E-state index contributed by atoms with van der Waals surface area (Å²) in [4.78, 5) is 11.6. The molecule has 1 saturated heterocycles. The number of carbonyl (C=O) groups is 1. The number of amides is 1. The maximum Gasteiger partial charge on any atom is 0.230 e. The Hall–Kier alpha value is 0.130. The van der Waals surface area contributed by atoms with Gasteiger partial charge < -0.3 is 10.6 Å². The zero-order chi connectivity index (χ0) is 12.5. The first-order valence-electron chi connectivity index (χ1n) is 6.30. The monoisotopic (exact) mass is 276 g/mol. The summed E-state index contributed by atoms with van der Waals surface area (Å²) in [7, 11) is 0. The number of hydrogen-bond acceptors (Lipinski definition) is 4. The molecule has 1 amide bonds. The Morgan fingerprint density at radius 1 is 1.47 bits per heavy atom. The molecule has 0 saturated carbocycles. The third-order valence-electron chi connectivity index (χ3n) is 2.84. The molecule has 0 aliphatic carbocycles. The summed E-state index contributed by atoms with van der Waals surface area (Å²) in [5.74, 6) is 2.50. The SMILES string of the molecule is CSCC(C)CNC(=O)CSC1CCNCC1. The van der Waals surface area contributed by atoms with E-state index in [-0.39, 0.29) is 5.91 Å². The van der Waals surface area contributed by atoms with Gasteiger partial charge >= 0.3 is 0 Å². The van der Waals surface area contributed by atoms with E-state index in [4.69, 9.17) is 0 Å². The van der Waals surface area contributed by atoms with Gasteiger partial charge in [-0.1, -0.05) is 6.92 Å². The van der Waals surface area contributed by atoms with E-state index in [0.29, 0.717) is 16.9 Å². The number of hydrogen-bond donors (Lipinski definition) is 2. The standard InChI is InChI=1S/C12H24N2OS2/c1-10(8-16-2)7-14-12(15)9-17-11-3-5-13-6-4-11/h10-11,13H,3-9H2,1-2H3,(H,14,15). The van der Waals surface area contributed by atoms with Gasteiger partial charge in [-0.3, -0.25) is 4.79 Å². The molecular formula is C12H24N2OS2. The Labute approximate surface area is 113 Å². The molecule has 100 valence electrons. The van der Waals surface area contributed by atoms with Gasteiger partial charge in [0.25, 0.3) is 0 Å². The van der Waals surface area contributed by atoms with Gasteiger partial charge in [0.1, 0.15) is 0 Å². The third kappa shape index (κ3) is 7.21. The largest absolute Gasteiger partial charge is 0.355 e. The second-order valence-corrected chi connectivity index (χ2v) is 6.82. The van der Waals surface area contributed by atoms with Crippen molar-refractivity contribution in [1.29, 1.82) is 0 Å². The van der Waals surface area contributed by atoms with Crippen LogP contribution in [-0.4, -0.2) is 48.6 Å². The minimum Gasteiger partial charge on any atom is -0.355 e. The molecule has 1 fully saturated rings. The number of nitrogens with one attached hydrogen (secondary N) is 2. The van der Waals surface area contributed by atoms with Crippen LogP contribution in [0.2, 0.25) is 0 Å². The van der Waals surface area contributed by atoms with Gasteiger partial charge in [-0.05, 0) is 43.9 Å². The van der Waals surface area contributed by atoms with E-state index >= 15 is 0 Å². The van der Waals surface area contributed by atoms with Crippen molar-refractivity contribution in [1.82, 2.24) is 10.6 Å². The first kappa shape index (κ1) is 15.2. The minimum atomic E-state index is 0.196. The quantitative estimate of drug-likeness (QED) is 0.741. The molecule has 1 heterocycles. The van der Waals surface area contributed by atoms with Crippen LogP contribution in [0.4, 0.5) is 0 Å². The molecule has 17 heavy (non-hydrogen) atoms. The van der Waals surface area contributed by atoms with Crippen LogP contribution in [0.15, 0.2) is 0 Å². The maximum atomic E-state index is 11.6. The highest BCUT2D eigenvalue weighted by molar-refractivity contribution is 8.00. The number of piperidine rings is 1. The van der Waals surface area contributed by atoms with Crippen molar-refractivity contribution in [3.8, 4) is 0 Å². The fourth-order valence-electron chi connectivity index (χ4n) is 1.84. The third-order valence-corrected chi connectivity index (χ3v) is 5.11. The first-order chi connectivity index (χ1) is 8.22. The summed E-state index contributed by atoms with van der Waals surface area (Å²) in [6.45, 7) is 5.19. The van der Waals surface area contributed by atoms with Crippen LogP contribution in [0.5, 0.6) is 0 Å². The van der Waals surface area contributed by atoms with E-state index in [1.807, 2.05) is 23.5 Å². The maximum absolute atomic E-state index is 11.6. The first-order valence-corrected chi connectivity index (χ1v) is 8.74. The zero-order valence-electron chi connectivity index (χ0n) is 10.8. The van der Waals surface area contributed by atoms with E-state index in [9.17, 15) is 4.79 Å². The fourth-order valence-corrected chi connectivity index (χ4v) is 3.58. The Kier molecular flexibility index (Phi) is 8.14. The van der Waals surface area contributed by atoms with Crippen molar-refractivity contribution in [3.05, 3.63) is 0 Å². The van der Waals surface area contributed by atoms with E-state index in [1.165, 1.54) is 12.8 Å². The molecule has 1 aliphatic heterocycles. The molecule has 0 aromatic carbocycles. The van der Waals surface area contributed by atoms with Gasteiger partial charge in [-0.2, -0.15) is 11.8 Å². The van der Waals surface area contributed by atoms with Gasteiger partial charge in [0, 0.05) is 11.8 Å². The molecule has 0 radical (unpaired) electrons. The summed E-state index contributed by atoms with van der Waals surface area (Å²) in [6, 6.07) is 0. The van der Waals surface area contributed by atoms with Crippen LogP contribution >= 0.6 is 23.5 Å². The fraction of sp³-hybridized carbons (Fsp3) is 0.917. The highest BCUT2D eigenvalue weighted by Gasteiger charge is 2.15. The molecule has 1 unspecified atom stereocenters. The molecule has 0 bridgehead atoms. The Balaban J connectivity index is 2.04. The Bertz CT molecular complexity index is 221. The van der Waals surface area contributed by atoms with E-state index < -0.39 is 0 Å². The Morgan fingerprint density at radius 2 is 2.18 bits per heavy atom. The average Bonchev–Trinajstić information content (AvgIpc) is 2.35. The molecular weight excluding hydrogens is 252 g/mol. The van der Waals surface area contributed by atoms with Crippen molar-refractivity contribution in [2.24, 2.45) is 5.92 Å². The predicted molar refractivity (Wildman–Crippen MR) is 78.9 cm³/mol. The minimum absolute atomic E-state index is 0.196. The van der Waals surface area contributed by atoms with Crippen LogP contribution in [0.3, 0.4) is 0 Å². The molecule has 0 aromatic rings. The smallest absolute Gasteiger partial charge is 0.230 e. The topological polar surface area (TPSA) is 41.1 Å². The highest BCUT2D eigenvalue weighted by atomic mass is 32.2. The number of carbonyl (C=O) groups excluding carboxylic acids is 1. The molecule has 0 spiro atoms.